The minimum absolute atomic E-state index is 0.0927. The maximum atomic E-state index is 12.8. The summed E-state index contributed by atoms with van der Waals surface area (Å²) < 4.78 is 31.9. The lowest BCUT2D eigenvalue weighted by Crippen LogP contribution is -2.38. The molecule has 0 saturated heterocycles. The van der Waals surface area contributed by atoms with Crippen molar-refractivity contribution in [3.05, 3.63) is 54.6 Å². The van der Waals surface area contributed by atoms with Gasteiger partial charge in [-0.25, -0.2) is 8.42 Å². The highest BCUT2D eigenvalue weighted by Gasteiger charge is 2.26. The van der Waals surface area contributed by atoms with E-state index in [9.17, 15) is 13.2 Å². The summed E-state index contributed by atoms with van der Waals surface area (Å²) in [6.45, 7) is 1.92. The fourth-order valence-corrected chi connectivity index (χ4v) is 3.50. The van der Waals surface area contributed by atoms with E-state index < -0.39 is 22.5 Å². The van der Waals surface area contributed by atoms with Crippen molar-refractivity contribution in [1.29, 1.82) is 0 Å². The molecule has 2 aromatic carbocycles. The van der Waals surface area contributed by atoms with E-state index in [-0.39, 0.29) is 4.90 Å². The summed E-state index contributed by atoms with van der Waals surface area (Å²) in [5.74, 6) is -0.120. The molecule has 0 radical (unpaired) electrons. The number of nitrogens with zero attached hydrogens (tertiary/aromatic N) is 1. The van der Waals surface area contributed by atoms with Crippen LogP contribution in [0, 0.1) is 0 Å². The van der Waals surface area contributed by atoms with Crippen molar-refractivity contribution in [1.82, 2.24) is 0 Å². The number of primary amides is 1. The van der Waals surface area contributed by atoms with Crippen LogP contribution in [0.25, 0.3) is 0 Å². The second-order valence-corrected chi connectivity index (χ2v) is 6.58. The Morgan fingerprint density at radius 2 is 1.70 bits per heavy atom. The van der Waals surface area contributed by atoms with Crippen LogP contribution in [0.5, 0.6) is 5.75 Å². The fraction of sp³-hybridized carbons (Fsp3) is 0.188. The number of rotatable bonds is 7. The monoisotopic (exact) mass is 334 g/mol. The predicted octanol–water partition coefficient (Wildman–Crippen LogP) is 1.77. The van der Waals surface area contributed by atoms with Crippen LogP contribution in [0.1, 0.15) is 6.92 Å². The molecule has 7 heteroatoms. The third-order valence-corrected chi connectivity index (χ3v) is 4.85. The molecule has 0 aliphatic rings. The molecule has 23 heavy (non-hydrogen) atoms. The number of carbonyl (C=O) groups is 1. The van der Waals surface area contributed by atoms with Gasteiger partial charge in [-0.3, -0.25) is 9.10 Å². The topological polar surface area (TPSA) is 89.7 Å². The molecule has 2 N–H and O–H groups in total. The van der Waals surface area contributed by atoms with E-state index in [1.54, 1.807) is 42.5 Å². The lowest BCUT2D eigenvalue weighted by atomic mass is 10.3. The fourth-order valence-electron chi connectivity index (χ4n) is 2.05. The molecule has 0 bridgehead atoms. The summed E-state index contributed by atoms with van der Waals surface area (Å²) in [6, 6.07) is 14.3. The van der Waals surface area contributed by atoms with Crippen LogP contribution in [-0.4, -0.2) is 27.5 Å². The molecule has 0 aromatic heterocycles. The summed E-state index contributed by atoms with van der Waals surface area (Å²) in [6.07, 6.45) is 0. The van der Waals surface area contributed by atoms with Gasteiger partial charge in [0.15, 0.2) is 0 Å². The van der Waals surface area contributed by atoms with Gasteiger partial charge in [0.05, 0.1) is 17.2 Å². The van der Waals surface area contributed by atoms with Gasteiger partial charge in [-0.15, -0.1) is 0 Å². The largest absolute Gasteiger partial charge is 0.494 e. The molecule has 2 aromatic rings. The lowest BCUT2D eigenvalue weighted by Gasteiger charge is -2.23. The summed E-state index contributed by atoms with van der Waals surface area (Å²) in [5, 5.41) is 0. The minimum atomic E-state index is -3.88. The second kappa shape index (κ2) is 7.15. The Kier molecular flexibility index (Phi) is 5.23. The van der Waals surface area contributed by atoms with Gasteiger partial charge in [-0.2, -0.15) is 0 Å². The van der Waals surface area contributed by atoms with Gasteiger partial charge in [-0.05, 0) is 43.3 Å². The van der Waals surface area contributed by atoms with E-state index in [0.29, 0.717) is 18.0 Å². The van der Waals surface area contributed by atoms with E-state index in [4.69, 9.17) is 10.5 Å². The zero-order valence-corrected chi connectivity index (χ0v) is 13.5. The van der Waals surface area contributed by atoms with Gasteiger partial charge in [0, 0.05) is 0 Å². The average Bonchev–Trinajstić information content (AvgIpc) is 2.54. The highest BCUT2D eigenvalue weighted by Crippen LogP contribution is 2.25. The molecule has 0 atom stereocenters. The molecule has 2 rings (SSSR count). The Morgan fingerprint density at radius 1 is 1.09 bits per heavy atom. The van der Waals surface area contributed by atoms with Crippen LogP contribution in [0.4, 0.5) is 5.69 Å². The van der Waals surface area contributed by atoms with Gasteiger partial charge >= 0.3 is 0 Å². The van der Waals surface area contributed by atoms with Crippen molar-refractivity contribution in [3.63, 3.8) is 0 Å². The van der Waals surface area contributed by atoms with Crippen LogP contribution in [0.15, 0.2) is 59.5 Å². The molecular formula is C16H18N2O4S. The number of hydrogen-bond acceptors (Lipinski definition) is 4. The molecule has 6 nitrogen and oxygen atoms in total. The van der Waals surface area contributed by atoms with E-state index in [1.165, 1.54) is 12.1 Å². The number of hydrogen-bond donors (Lipinski definition) is 1. The Hall–Kier alpha value is -2.54. The number of ether oxygens (including phenoxy) is 1. The summed E-state index contributed by atoms with van der Waals surface area (Å²) >= 11 is 0. The van der Waals surface area contributed by atoms with E-state index in [1.807, 2.05) is 6.92 Å². The Morgan fingerprint density at radius 3 is 2.22 bits per heavy atom. The molecule has 0 fully saturated rings. The van der Waals surface area contributed by atoms with Crippen LogP contribution in [-0.2, 0) is 14.8 Å². The first-order valence-corrected chi connectivity index (χ1v) is 8.48. The van der Waals surface area contributed by atoms with Gasteiger partial charge in [0.2, 0.25) is 5.91 Å². The van der Waals surface area contributed by atoms with Crippen molar-refractivity contribution in [3.8, 4) is 5.75 Å². The quantitative estimate of drug-likeness (QED) is 0.835. The third kappa shape index (κ3) is 4.01. The highest BCUT2D eigenvalue weighted by molar-refractivity contribution is 7.92. The van der Waals surface area contributed by atoms with Gasteiger partial charge in [0.25, 0.3) is 10.0 Å². The van der Waals surface area contributed by atoms with Crippen molar-refractivity contribution in [2.45, 2.75) is 11.8 Å². The van der Waals surface area contributed by atoms with E-state index in [0.717, 1.165) is 4.31 Å². The molecule has 0 spiro atoms. The predicted molar refractivity (Wildman–Crippen MR) is 87.8 cm³/mol. The van der Waals surface area contributed by atoms with Crippen molar-refractivity contribution < 1.29 is 17.9 Å². The standard InChI is InChI=1S/C16H18N2O4S/c1-2-22-14-10-8-13(9-11-14)18(12-16(17)19)23(20,21)15-6-4-3-5-7-15/h3-11H,2,12H2,1H3,(H2,17,19). The molecule has 122 valence electrons. The highest BCUT2D eigenvalue weighted by atomic mass is 32.2. The summed E-state index contributed by atoms with van der Waals surface area (Å²) in [7, 11) is -3.88. The van der Waals surface area contributed by atoms with Gasteiger partial charge in [-0.1, -0.05) is 18.2 Å². The first kappa shape index (κ1) is 16.8. The van der Waals surface area contributed by atoms with Crippen LogP contribution < -0.4 is 14.8 Å². The summed E-state index contributed by atoms with van der Waals surface area (Å²) in [5.41, 5.74) is 5.56. The Bertz CT molecular complexity index is 758. The minimum Gasteiger partial charge on any atom is -0.494 e. The smallest absolute Gasteiger partial charge is 0.264 e. The zero-order chi connectivity index (χ0) is 16.9. The molecular weight excluding hydrogens is 316 g/mol. The summed E-state index contributed by atoms with van der Waals surface area (Å²) in [4.78, 5) is 11.4. The van der Waals surface area contributed by atoms with Crippen LogP contribution in [0.2, 0.25) is 0 Å². The van der Waals surface area contributed by atoms with E-state index in [2.05, 4.69) is 0 Å². The number of benzene rings is 2. The van der Waals surface area contributed by atoms with Crippen molar-refractivity contribution in [2.75, 3.05) is 17.5 Å². The number of sulfonamides is 1. The lowest BCUT2D eigenvalue weighted by molar-refractivity contribution is -0.116. The third-order valence-electron chi connectivity index (χ3n) is 3.07. The first-order chi connectivity index (χ1) is 10.9. The zero-order valence-electron chi connectivity index (χ0n) is 12.7. The second-order valence-electron chi connectivity index (χ2n) is 4.72. The average molecular weight is 334 g/mol. The first-order valence-electron chi connectivity index (χ1n) is 7.04. The molecule has 1 amide bonds. The maximum Gasteiger partial charge on any atom is 0.264 e. The molecule has 0 unspecified atom stereocenters. The normalized spacial score (nSPS) is 11.0. The molecule has 0 aliphatic carbocycles. The maximum absolute atomic E-state index is 12.8. The number of nitrogens with two attached hydrogens (primary N) is 1. The van der Waals surface area contributed by atoms with Crippen LogP contribution in [0.3, 0.4) is 0 Å². The number of amides is 1. The SMILES string of the molecule is CCOc1ccc(N(CC(N)=O)S(=O)(=O)c2ccccc2)cc1. The van der Waals surface area contributed by atoms with Gasteiger partial charge in [0.1, 0.15) is 12.3 Å². The molecule has 0 heterocycles. The molecule has 0 aliphatic heterocycles. The Labute approximate surface area is 135 Å². The number of anilines is 1. The Balaban J connectivity index is 2.43. The van der Waals surface area contributed by atoms with Crippen molar-refractivity contribution in [2.24, 2.45) is 5.73 Å². The number of carbonyl (C=O) groups excluding carboxylic acids is 1. The van der Waals surface area contributed by atoms with Gasteiger partial charge < -0.3 is 10.5 Å². The van der Waals surface area contributed by atoms with Crippen LogP contribution >= 0.6 is 0 Å². The molecule has 0 saturated carbocycles. The van der Waals surface area contributed by atoms with Crippen molar-refractivity contribution >= 4 is 21.6 Å². The van der Waals surface area contributed by atoms with E-state index >= 15 is 0 Å².